The Kier molecular flexibility index (Phi) is 6.12. The third kappa shape index (κ3) is 4.14. The van der Waals surface area contributed by atoms with Crippen LogP contribution in [0.3, 0.4) is 0 Å². The molecule has 0 amide bonds. The van der Waals surface area contributed by atoms with E-state index in [0.717, 1.165) is 13.0 Å². The first kappa shape index (κ1) is 10.6. The Labute approximate surface area is 77.0 Å². The van der Waals surface area contributed by atoms with E-state index in [9.17, 15) is 0 Å². The molecule has 0 saturated heterocycles. The number of quaternary nitrogens is 1. The van der Waals surface area contributed by atoms with Crippen LogP contribution in [0.5, 0.6) is 0 Å². The van der Waals surface area contributed by atoms with Crippen molar-refractivity contribution in [2.45, 2.75) is 6.42 Å². The van der Waals surface area contributed by atoms with Gasteiger partial charge < -0.3 is 17.0 Å². The van der Waals surface area contributed by atoms with Gasteiger partial charge in [0.25, 0.3) is 0 Å². The number of hydrogen-bond donors (Lipinski definition) is 2. The van der Waals surface area contributed by atoms with Gasteiger partial charge in [-0.15, -0.1) is 0 Å². The van der Waals surface area contributed by atoms with Crippen molar-refractivity contribution in [2.75, 3.05) is 6.54 Å². The summed E-state index contributed by atoms with van der Waals surface area (Å²) in [6.07, 6.45) is 0.928. The Balaban J connectivity index is 0.000001000. The van der Waals surface area contributed by atoms with Crippen molar-refractivity contribution in [3.05, 3.63) is 35.9 Å². The van der Waals surface area contributed by atoms with Crippen LogP contribution in [0.4, 0.5) is 0 Å². The number of hydrogen-bond acceptors (Lipinski definition) is 1. The average molecular weight is 218 g/mol. The molecule has 0 aromatic heterocycles. The SMILES string of the molecule is O[NH2+]CCc1ccccc1.[Br-]. The van der Waals surface area contributed by atoms with Gasteiger partial charge in [-0.2, -0.15) is 0 Å². The number of rotatable bonds is 3. The monoisotopic (exact) mass is 217 g/mol. The van der Waals surface area contributed by atoms with Crippen LogP contribution in [-0.2, 0) is 6.42 Å². The van der Waals surface area contributed by atoms with E-state index >= 15 is 0 Å². The molecule has 0 heterocycles. The first-order chi connectivity index (χ1) is 4.93. The molecule has 2 nitrogen and oxygen atoms in total. The maximum atomic E-state index is 8.40. The lowest BCUT2D eigenvalue weighted by Gasteiger charge is -1.94. The van der Waals surface area contributed by atoms with Crippen LogP contribution in [0.1, 0.15) is 5.56 Å². The topological polar surface area (TPSA) is 36.8 Å². The molecule has 3 heteroatoms. The number of halogens is 1. The van der Waals surface area contributed by atoms with Gasteiger partial charge in [0.05, 0.1) is 0 Å². The van der Waals surface area contributed by atoms with E-state index in [1.807, 2.05) is 18.2 Å². The predicted molar refractivity (Wildman–Crippen MR) is 38.7 cm³/mol. The third-order valence-corrected chi connectivity index (χ3v) is 1.40. The van der Waals surface area contributed by atoms with Crippen molar-refractivity contribution in [2.24, 2.45) is 0 Å². The minimum atomic E-state index is 0. The van der Waals surface area contributed by atoms with E-state index < -0.39 is 0 Å². The molecule has 0 aliphatic carbocycles. The Bertz CT molecular complexity index is 179. The van der Waals surface area contributed by atoms with E-state index in [0.29, 0.717) is 0 Å². The second-order valence-electron chi connectivity index (χ2n) is 2.21. The fourth-order valence-corrected chi connectivity index (χ4v) is 0.876. The molecule has 0 spiro atoms. The van der Waals surface area contributed by atoms with Crippen LogP contribution in [0.15, 0.2) is 30.3 Å². The summed E-state index contributed by atoms with van der Waals surface area (Å²) in [4.78, 5) is 0. The first-order valence-electron chi connectivity index (χ1n) is 3.43. The van der Waals surface area contributed by atoms with Crippen molar-refractivity contribution in [3.8, 4) is 0 Å². The van der Waals surface area contributed by atoms with Crippen molar-refractivity contribution in [1.82, 2.24) is 0 Å². The van der Waals surface area contributed by atoms with Crippen LogP contribution >= 0.6 is 0 Å². The van der Waals surface area contributed by atoms with Gasteiger partial charge >= 0.3 is 0 Å². The van der Waals surface area contributed by atoms with Crippen molar-refractivity contribution in [1.29, 1.82) is 0 Å². The van der Waals surface area contributed by atoms with E-state index in [4.69, 9.17) is 5.21 Å². The standard InChI is InChI=1S/C8H11NO.BrH/c10-9-7-6-8-4-2-1-3-5-8;/h1-5,9-10H,6-7H2;1H. The second kappa shape index (κ2) is 6.34. The maximum Gasteiger partial charge on any atom is 0.109 e. The summed E-state index contributed by atoms with van der Waals surface area (Å²) >= 11 is 0. The second-order valence-corrected chi connectivity index (χ2v) is 2.21. The lowest BCUT2D eigenvalue weighted by atomic mass is 10.2. The predicted octanol–water partition coefficient (Wildman–Crippen LogP) is -2.81. The zero-order chi connectivity index (χ0) is 7.23. The lowest BCUT2D eigenvalue weighted by molar-refractivity contribution is -0.886. The summed E-state index contributed by atoms with van der Waals surface area (Å²) in [5, 5.41) is 8.40. The molecule has 0 bridgehead atoms. The maximum absolute atomic E-state index is 8.40. The molecule has 0 atom stereocenters. The largest absolute Gasteiger partial charge is 1.00 e. The molecule has 0 aliphatic heterocycles. The van der Waals surface area contributed by atoms with Crippen molar-refractivity contribution in [3.63, 3.8) is 0 Å². The average Bonchev–Trinajstić information content (AvgIpc) is 2.03. The van der Waals surface area contributed by atoms with E-state index in [2.05, 4.69) is 12.1 Å². The molecular weight excluding hydrogens is 206 g/mol. The fourth-order valence-electron chi connectivity index (χ4n) is 0.876. The highest BCUT2D eigenvalue weighted by molar-refractivity contribution is 5.14. The van der Waals surface area contributed by atoms with Gasteiger partial charge in [0.15, 0.2) is 0 Å². The first-order valence-corrected chi connectivity index (χ1v) is 3.43. The van der Waals surface area contributed by atoms with Gasteiger partial charge in [-0.25, -0.2) is 10.7 Å². The molecule has 0 aliphatic rings. The molecule has 11 heavy (non-hydrogen) atoms. The summed E-state index contributed by atoms with van der Waals surface area (Å²) in [5.74, 6) is 0. The van der Waals surface area contributed by atoms with Gasteiger partial charge in [0.1, 0.15) is 6.54 Å². The van der Waals surface area contributed by atoms with Gasteiger partial charge in [0, 0.05) is 6.42 Å². The summed E-state index contributed by atoms with van der Waals surface area (Å²) in [6, 6.07) is 10.1. The summed E-state index contributed by atoms with van der Waals surface area (Å²) < 4.78 is 0. The van der Waals surface area contributed by atoms with Crippen LogP contribution in [0.2, 0.25) is 0 Å². The normalized spacial score (nSPS) is 8.82. The van der Waals surface area contributed by atoms with Crippen molar-refractivity contribution >= 4 is 0 Å². The van der Waals surface area contributed by atoms with Crippen molar-refractivity contribution < 1.29 is 27.7 Å². The van der Waals surface area contributed by atoms with Gasteiger partial charge in [-0.05, 0) is 5.56 Å². The summed E-state index contributed by atoms with van der Waals surface area (Å²) in [7, 11) is 0. The molecule has 1 rings (SSSR count). The molecule has 0 fully saturated rings. The molecule has 1 aromatic rings. The Morgan fingerprint density at radius 1 is 1.18 bits per heavy atom. The quantitative estimate of drug-likeness (QED) is 0.528. The zero-order valence-electron chi connectivity index (χ0n) is 6.20. The summed E-state index contributed by atoms with van der Waals surface area (Å²) in [5.41, 5.74) is 2.47. The molecule has 0 radical (unpaired) electrons. The van der Waals surface area contributed by atoms with Crippen LogP contribution in [-0.4, -0.2) is 11.8 Å². The summed E-state index contributed by atoms with van der Waals surface area (Å²) in [6.45, 7) is 0.740. The number of hydroxylamine groups is 1. The lowest BCUT2D eigenvalue weighted by Crippen LogP contribution is -3.00. The van der Waals surface area contributed by atoms with Gasteiger partial charge in [-0.3, -0.25) is 0 Å². The Morgan fingerprint density at radius 2 is 1.82 bits per heavy atom. The minimum Gasteiger partial charge on any atom is -1.00 e. The van der Waals surface area contributed by atoms with Gasteiger partial charge in [0.2, 0.25) is 0 Å². The van der Waals surface area contributed by atoms with E-state index in [1.165, 1.54) is 11.0 Å². The fraction of sp³-hybridized carbons (Fsp3) is 0.250. The Morgan fingerprint density at radius 3 is 2.36 bits per heavy atom. The molecule has 62 valence electrons. The zero-order valence-corrected chi connectivity index (χ0v) is 7.79. The number of benzene rings is 1. The molecule has 0 unspecified atom stereocenters. The molecule has 1 aromatic carbocycles. The molecule has 3 N–H and O–H groups in total. The third-order valence-electron chi connectivity index (χ3n) is 1.40. The molecule has 0 saturated carbocycles. The van der Waals surface area contributed by atoms with Crippen LogP contribution < -0.4 is 22.5 Å². The van der Waals surface area contributed by atoms with E-state index in [1.54, 1.807) is 0 Å². The molecular formula is C8H12BrNO. The van der Waals surface area contributed by atoms with Crippen LogP contribution in [0.25, 0.3) is 0 Å². The minimum absolute atomic E-state index is 0. The van der Waals surface area contributed by atoms with Gasteiger partial charge in [-0.1, -0.05) is 30.3 Å². The highest BCUT2D eigenvalue weighted by Crippen LogP contribution is 1.96. The Hall–Kier alpha value is -0.380. The highest BCUT2D eigenvalue weighted by Gasteiger charge is 1.89. The van der Waals surface area contributed by atoms with Crippen LogP contribution in [0, 0.1) is 0 Å². The smallest absolute Gasteiger partial charge is 0.109 e. The number of nitrogens with two attached hydrogens (primary N) is 1. The van der Waals surface area contributed by atoms with E-state index in [-0.39, 0.29) is 17.0 Å². The highest BCUT2D eigenvalue weighted by atomic mass is 79.9.